The highest BCUT2D eigenvalue weighted by Gasteiger charge is 2.27. The number of rotatable bonds is 7. The van der Waals surface area contributed by atoms with Crippen LogP contribution in [0.3, 0.4) is 0 Å². The van der Waals surface area contributed by atoms with Crippen molar-refractivity contribution in [1.82, 2.24) is 14.5 Å². The molecular weight excluding hydrogens is 276 g/mol. The van der Waals surface area contributed by atoms with E-state index in [-0.39, 0.29) is 16.9 Å². The Morgan fingerprint density at radius 2 is 1.95 bits per heavy atom. The third-order valence-electron chi connectivity index (χ3n) is 3.76. The zero-order valence-electron chi connectivity index (χ0n) is 13.0. The molecule has 2 unspecified atom stereocenters. The minimum absolute atomic E-state index is 0.110. The molecule has 6 nitrogen and oxygen atoms in total. The van der Waals surface area contributed by atoms with E-state index in [1.165, 1.54) is 0 Å². The van der Waals surface area contributed by atoms with Gasteiger partial charge < -0.3 is 5.73 Å². The number of nitrogens with zero attached hydrogens (tertiary/aromatic N) is 2. The van der Waals surface area contributed by atoms with Crippen molar-refractivity contribution < 1.29 is 8.42 Å². The summed E-state index contributed by atoms with van der Waals surface area (Å²) in [6.07, 6.45) is 0.925. The average molecular weight is 302 g/mol. The summed E-state index contributed by atoms with van der Waals surface area (Å²) in [5.74, 6) is 0.282. The number of aryl methyl sites for hydroxylation is 1. The molecule has 0 fully saturated rings. The lowest BCUT2D eigenvalue weighted by Crippen LogP contribution is -2.37. The SMILES string of the molecule is CCC(C)C(C)NS(=O)(=O)c1c(C)nn(CCN)c1C. The second kappa shape index (κ2) is 6.69. The molecule has 0 aromatic carbocycles. The summed E-state index contributed by atoms with van der Waals surface area (Å²) in [7, 11) is -3.55. The molecule has 0 aliphatic heterocycles. The second-order valence-electron chi connectivity index (χ2n) is 5.31. The maximum absolute atomic E-state index is 12.5. The van der Waals surface area contributed by atoms with Crippen molar-refractivity contribution in [2.75, 3.05) is 6.54 Å². The van der Waals surface area contributed by atoms with Crippen molar-refractivity contribution in [1.29, 1.82) is 0 Å². The third-order valence-corrected chi connectivity index (χ3v) is 5.57. The van der Waals surface area contributed by atoms with Gasteiger partial charge in [0.25, 0.3) is 0 Å². The van der Waals surface area contributed by atoms with Gasteiger partial charge in [0.1, 0.15) is 4.90 Å². The third kappa shape index (κ3) is 3.59. The maximum atomic E-state index is 12.5. The quantitative estimate of drug-likeness (QED) is 0.791. The normalized spacial score (nSPS) is 15.3. The van der Waals surface area contributed by atoms with Gasteiger partial charge in [-0.25, -0.2) is 13.1 Å². The largest absolute Gasteiger partial charge is 0.329 e. The monoisotopic (exact) mass is 302 g/mol. The van der Waals surface area contributed by atoms with Gasteiger partial charge in [0, 0.05) is 12.6 Å². The van der Waals surface area contributed by atoms with E-state index in [0.717, 1.165) is 6.42 Å². The summed E-state index contributed by atoms with van der Waals surface area (Å²) in [5.41, 5.74) is 6.66. The highest BCUT2D eigenvalue weighted by atomic mass is 32.2. The van der Waals surface area contributed by atoms with Gasteiger partial charge in [0.05, 0.1) is 17.9 Å². The van der Waals surface area contributed by atoms with Crippen LogP contribution in [-0.4, -0.2) is 30.8 Å². The number of hydrogen-bond acceptors (Lipinski definition) is 4. The fraction of sp³-hybridized carbons (Fsp3) is 0.769. The molecule has 1 heterocycles. The predicted molar refractivity (Wildman–Crippen MR) is 80.0 cm³/mol. The van der Waals surface area contributed by atoms with Gasteiger partial charge in [-0.2, -0.15) is 5.10 Å². The first-order valence-electron chi connectivity index (χ1n) is 7.01. The number of nitrogens with one attached hydrogen (secondary N) is 1. The number of aromatic nitrogens is 2. The van der Waals surface area contributed by atoms with E-state index in [0.29, 0.717) is 24.5 Å². The molecule has 7 heteroatoms. The molecule has 0 radical (unpaired) electrons. The topological polar surface area (TPSA) is 90.0 Å². The molecule has 0 aliphatic carbocycles. The first kappa shape index (κ1) is 17.1. The summed E-state index contributed by atoms with van der Waals surface area (Å²) < 4.78 is 29.5. The molecule has 0 amide bonds. The van der Waals surface area contributed by atoms with E-state index in [4.69, 9.17) is 5.73 Å². The standard InChI is InChI=1S/C13H26N4O2S/c1-6-9(2)10(3)16-20(18,19)13-11(4)15-17(8-7-14)12(13)5/h9-10,16H,6-8,14H2,1-5H3. The minimum atomic E-state index is -3.55. The Morgan fingerprint density at radius 1 is 1.35 bits per heavy atom. The van der Waals surface area contributed by atoms with Crippen molar-refractivity contribution >= 4 is 10.0 Å². The molecule has 0 saturated carbocycles. The molecular formula is C13H26N4O2S. The van der Waals surface area contributed by atoms with Crippen molar-refractivity contribution in [3.8, 4) is 0 Å². The van der Waals surface area contributed by atoms with Crippen LogP contribution in [0, 0.1) is 19.8 Å². The smallest absolute Gasteiger partial charge is 0.244 e. The molecule has 0 bridgehead atoms. The van der Waals surface area contributed by atoms with Crippen molar-refractivity contribution in [3.63, 3.8) is 0 Å². The minimum Gasteiger partial charge on any atom is -0.329 e. The van der Waals surface area contributed by atoms with E-state index in [2.05, 4.69) is 9.82 Å². The molecule has 116 valence electrons. The van der Waals surface area contributed by atoms with Gasteiger partial charge in [-0.3, -0.25) is 4.68 Å². The van der Waals surface area contributed by atoms with Gasteiger partial charge in [0.15, 0.2) is 0 Å². The molecule has 0 spiro atoms. The first-order chi connectivity index (χ1) is 9.24. The Labute approximate surface area is 121 Å². The lowest BCUT2D eigenvalue weighted by atomic mass is 10.0. The fourth-order valence-electron chi connectivity index (χ4n) is 2.18. The van der Waals surface area contributed by atoms with Crippen LogP contribution in [0.5, 0.6) is 0 Å². The molecule has 20 heavy (non-hydrogen) atoms. The Morgan fingerprint density at radius 3 is 2.45 bits per heavy atom. The van der Waals surface area contributed by atoms with E-state index in [1.54, 1.807) is 18.5 Å². The lowest BCUT2D eigenvalue weighted by molar-refractivity contribution is 0.433. The highest BCUT2D eigenvalue weighted by Crippen LogP contribution is 2.20. The first-order valence-corrected chi connectivity index (χ1v) is 8.49. The van der Waals surface area contributed by atoms with Gasteiger partial charge in [0.2, 0.25) is 10.0 Å². The Kier molecular flexibility index (Phi) is 5.73. The summed E-state index contributed by atoms with van der Waals surface area (Å²) in [4.78, 5) is 0.279. The highest BCUT2D eigenvalue weighted by molar-refractivity contribution is 7.89. The molecule has 0 saturated heterocycles. The molecule has 2 atom stereocenters. The van der Waals surface area contributed by atoms with E-state index in [1.807, 2.05) is 20.8 Å². The summed E-state index contributed by atoms with van der Waals surface area (Å²) in [6.45, 7) is 10.4. The summed E-state index contributed by atoms with van der Waals surface area (Å²) >= 11 is 0. The summed E-state index contributed by atoms with van der Waals surface area (Å²) in [6, 6.07) is -0.110. The van der Waals surface area contributed by atoms with Crippen LogP contribution in [0.15, 0.2) is 4.90 Å². The van der Waals surface area contributed by atoms with Crippen LogP contribution in [0.4, 0.5) is 0 Å². The number of nitrogens with two attached hydrogens (primary N) is 1. The molecule has 3 N–H and O–H groups in total. The van der Waals surface area contributed by atoms with Gasteiger partial charge in [-0.1, -0.05) is 20.3 Å². The van der Waals surface area contributed by atoms with Gasteiger partial charge >= 0.3 is 0 Å². The summed E-state index contributed by atoms with van der Waals surface area (Å²) in [5, 5.41) is 4.26. The van der Waals surface area contributed by atoms with Crippen LogP contribution in [0.25, 0.3) is 0 Å². The van der Waals surface area contributed by atoms with Crippen molar-refractivity contribution in [2.45, 2.75) is 58.5 Å². The zero-order chi connectivity index (χ0) is 15.5. The lowest BCUT2D eigenvalue weighted by Gasteiger charge is -2.19. The molecule has 1 aromatic rings. The van der Waals surface area contributed by atoms with Crippen molar-refractivity contribution in [3.05, 3.63) is 11.4 Å². The van der Waals surface area contributed by atoms with E-state index in [9.17, 15) is 8.42 Å². The molecule has 1 rings (SSSR count). The molecule has 0 aliphatic rings. The van der Waals surface area contributed by atoms with Crippen LogP contribution >= 0.6 is 0 Å². The molecule has 1 aromatic heterocycles. The van der Waals surface area contributed by atoms with Crippen LogP contribution in [0.1, 0.15) is 38.6 Å². The zero-order valence-corrected chi connectivity index (χ0v) is 13.8. The Hall–Kier alpha value is -0.920. The Balaban J connectivity index is 3.10. The van der Waals surface area contributed by atoms with Gasteiger partial charge in [-0.05, 0) is 26.7 Å². The number of hydrogen-bond donors (Lipinski definition) is 2. The van der Waals surface area contributed by atoms with Crippen LogP contribution in [0.2, 0.25) is 0 Å². The second-order valence-corrected chi connectivity index (χ2v) is 6.96. The predicted octanol–water partition coefficient (Wildman–Crippen LogP) is 1.17. The van der Waals surface area contributed by atoms with E-state index < -0.39 is 10.0 Å². The average Bonchev–Trinajstić information content (AvgIpc) is 2.63. The Bertz CT molecular complexity index is 551. The fourth-order valence-corrected chi connectivity index (χ4v) is 3.95. The van der Waals surface area contributed by atoms with Crippen LogP contribution in [-0.2, 0) is 16.6 Å². The van der Waals surface area contributed by atoms with Gasteiger partial charge in [-0.15, -0.1) is 0 Å². The van der Waals surface area contributed by atoms with Crippen LogP contribution < -0.4 is 10.5 Å². The number of sulfonamides is 1. The van der Waals surface area contributed by atoms with E-state index >= 15 is 0 Å². The van der Waals surface area contributed by atoms with Crippen molar-refractivity contribution in [2.24, 2.45) is 11.7 Å². The maximum Gasteiger partial charge on any atom is 0.244 e.